The predicted molar refractivity (Wildman–Crippen MR) is 99.8 cm³/mol. The van der Waals surface area contributed by atoms with E-state index < -0.39 is 18.3 Å². The number of nitrogens with one attached hydrogen (secondary N) is 3. The van der Waals surface area contributed by atoms with E-state index in [-0.39, 0.29) is 29.5 Å². The summed E-state index contributed by atoms with van der Waals surface area (Å²) in [7, 11) is 2.96. The second-order valence-electron chi connectivity index (χ2n) is 6.11. The molecule has 1 aromatic rings. The summed E-state index contributed by atoms with van der Waals surface area (Å²) in [6.07, 6.45) is 4.56. The number of alkyl halides is 2. The lowest BCUT2D eigenvalue weighted by molar-refractivity contribution is -0.0502. The minimum Gasteiger partial charge on any atom is -0.496 e. The fourth-order valence-electron chi connectivity index (χ4n) is 2.42. The quantitative estimate of drug-likeness (QED) is 0.562. The number of halogens is 3. The molecule has 1 fully saturated rings. The third-order valence-corrected chi connectivity index (χ3v) is 3.96. The topological polar surface area (TPSA) is 71.6 Å². The molecule has 28 heavy (non-hydrogen) atoms. The summed E-state index contributed by atoms with van der Waals surface area (Å²) in [6.45, 7) is -1.48. The van der Waals surface area contributed by atoms with E-state index in [1.165, 1.54) is 25.4 Å². The molecule has 1 aliphatic rings. The van der Waals surface area contributed by atoms with Crippen molar-refractivity contribution in [1.29, 1.82) is 0 Å². The molecule has 0 heterocycles. The van der Waals surface area contributed by atoms with Crippen LogP contribution in [-0.4, -0.2) is 32.7 Å². The summed E-state index contributed by atoms with van der Waals surface area (Å²) in [5, 5.41) is 8.30. The van der Waals surface area contributed by atoms with Gasteiger partial charge < -0.3 is 25.4 Å². The average molecular weight is 399 g/mol. The fraction of sp³-hybridized carbons (Fsp3) is 0.421. The number of carbonyl (C=O) groups excluding carboxylic acids is 1. The summed E-state index contributed by atoms with van der Waals surface area (Å²) < 4.78 is 49.3. The smallest absolute Gasteiger partial charge is 0.387 e. The highest BCUT2D eigenvalue weighted by Gasteiger charge is 2.29. The van der Waals surface area contributed by atoms with Crippen molar-refractivity contribution in [3.63, 3.8) is 0 Å². The molecule has 6 nitrogen and oxygen atoms in total. The summed E-state index contributed by atoms with van der Waals surface area (Å²) in [5.41, 5.74) is 0.625. The molecule has 0 bridgehead atoms. The van der Waals surface area contributed by atoms with Gasteiger partial charge >= 0.3 is 6.61 Å². The monoisotopic (exact) mass is 399 g/mol. The zero-order chi connectivity index (χ0) is 20.7. The number of carbonyl (C=O) groups is 1. The molecule has 1 amide bonds. The lowest BCUT2D eigenvalue weighted by atomic mass is 10.1. The van der Waals surface area contributed by atoms with E-state index in [0.29, 0.717) is 11.3 Å². The van der Waals surface area contributed by atoms with Gasteiger partial charge in [-0.2, -0.15) is 8.78 Å². The van der Waals surface area contributed by atoms with Crippen LogP contribution in [0.15, 0.2) is 30.4 Å². The Morgan fingerprint density at radius 2 is 1.96 bits per heavy atom. The summed E-state index contributed by atoms with van der Waals surface area (Å²) in [4.78, 5) is 12.5. The van der Waals surface area contributed by atoms with E-state index >= 15 is 0 Å². The van der Waals surface area contributed by atoms with Crippen LogP contribution in [0.1, 0.15) is 42.1 Å². The highest BCUT2D eigenvalue weighted by atomic mass is 19.3. The van der Waals surface area contributed by atoms with Gasteiger partial charge in [-0.1, -0.05) is 6.92 Å². The zero-order valence-electron chi connectivity index (χ0n) is 15.9. The number of hydrogen-bond acceptors (Lipinski definition) is 5. The van der Waals surface area contributed by atoms with Crippen LogP contribution in [0.3, 0.4) is 0 Å². The van der Waals surface area contributed by atoms with Crippen molar-refractivity contribution in [3.8, 4) is 11.5 Å². The minimum absolute atomic E-state index is 0.0276. The lowest BCUT2D eigenvalue weighted by Crippen LogP contribution is -2.27. The molecular formula is C19H24F3N3O3. The fourth-order valence-corrected chi connectivity index (χ4v) is 2.42. The molecule has 2 rings (SSSR count). The first-order valence-electron chi connectivity index (χ1n) is 8.86. The summed E-state index contributed by atoms with van der Waals surface area (Å²) in [5.74, 6) is -1.20. The lowest BCUT2D eigenvalue weighted by Gasteiger charge is -2.17. The Kier molecular flexibility index (Phi) is 7.60. The van der Waals surface area contributed by atoms with Gasteiger partial charge in [0.15, 0.2) is 0 Å². The van der Waals surface area contributed by atoms with Crippen LogP contribution in [-0.2, 0) is 0 Å². The number of hydrogen-bond donors (Lipinski definition) is 3. The van der Waals surface area contributed by atoms with Crippen LogP contribution in [0, 0.1) is 0 Å². The van der Waals surface area contributed by atoms with E-state index in [1.54, 1.807) is 14.0 Å². The van der Waals surface area contributed by atoms with Crippen LogP contribution in [0.5, 0.6) is 11.5 Å². The van der Waals surface area contributed by atoms with E-state index in [9.17, 15) is 18.0 Å². The molecule has 0 spiro atoms. The normalized spacial score (nSPS) is 14.7. The van der Waals surface area contributed by atoms with Crippen molar-refractivity contribution < 1.29 is 27.4 Å². The van der Waals surface area contributed by atoms with Crippen molar-refractivity contribution in [3.05, 3.63) is 41.5 Å². The second kappa shape index (κ2) is 9.91. The molecule has 1 saturated carbocycles. The average Bonchev–Trinajstić information content (AvgIpc) is 3.47. The molecular weight excluding hydrogens is 375 g/mol. The van der Waals surface area contributed by atoms with Gasteiger partial charge in [0, 0.05) is 31.1 Å². The molecule has 9 heteroatoms. The van der Waals surface area contributed by atoms with Gasteiger partial charge in [-0.05, 0) is 31.4 Å². The Labute approximate surface area is 161 Å². The highest BCUT2D eigenvalue weighted by molar-refractivity contribution is 6.00. The van der Waals surface area contributed by atoms with Crippen molar-refractivity contribution in [1.82, 2.24) is 16.0 Å². The molecule has 0 unspecified atom stereocenters. The highest BCUT2D eigenvalue weighted by Crippen LogP contribution is 2.34. The number of rotatable bonds is 10. The molecule has 0 aromatic heterocycles. The number of amides is 1. The van der Waals surface area contributed by atoms with Crippen molar-refractivity contribution in [2.24, 2.45) is 0 Å². The molecule has 0 saturated heterocycles. The summed E-state index contributed by atoms with van der Waals surface area (Å²) in [6, 6.07) is 2.80. The number of allylic oxidation sites excluding steroid dienone is 1. The third-order valence-electron chi connectivity index (χ3n) is 3.96. The van der Waals surface area contributed by atoms with Gasteiger partial charge in [0.05, 0.1) is 12.8 Å². The van der Waals surface area contributed by atoms with Gasteiger partial charge in [0.2, 0.25) is 0 Å². The van der Waals surface area contributed by atoms with Crippen LogP contribution in [0.4, 0.5) is 13.2 Å². The van der Waals surface area contributed by atoms with E-state index in [4.69, 9.17) is 4.74 Å². The van der Waals surface area contributed by atoms with Crippen LogP contribution >= 0.6 is 0 Å². The summed E-state index contributed by atoms with van der Waals surface area (Å²) >= 11 is 0. The van der Waals surface area contributed by atoms with E-state index in [0.717, 1.165) is 19.0 Å². The molecule has 0 radical (unpaired) electrons. The van der Waals surface area contributed by atoms with Crippen molar-refractivity contribution >= 4 is 11.6 Å². The maximum atomic E-state index is 13.5. The van der Waals surface area contributed by atoms with Gasteiger partial charge in [0.1, 0.15) is 22.9 Å². The van der Waals surface area contributed by atoms with Crippen LogP contribution < -0.4 is 25.4 Å². The Balaban J connectivity index is 2.48. The first-order valence-corrected chi connectivity index (χ1v) is 8.86. The number of methoxy groups -OCH3 is 1. The van der Waals surface area contributed by atoms with Gasteiger partial charge in [0.25, 0.3) is 5.91 Å². The first-order chi connectivity index (χ1) is 13.4. The molecule has 0 aliphatic heterocycles. The Morgan fingerprint density at radius 1 is 1.29 bits per heavy atom. The maximum Gasteiger partial charge on any atom is 0.387 e. The zero-order valence-corrected chi connectivity index (χ0v) is 15.9. The SMILES string of the molecule is CC/C(F)=C\N/C(=C\NC)c1cc(OC)c(C(=O)NC2CC2)c(OC(F)F)c1. The van der Waals surface area contributed by atoms with Gasteiger partial charge in [-0.15, -0.1) is 0 Å². The van der Waals surface area contributed by atoms with Crippen LogP contribution in [0.25, 0.3) is 5.70 Å². The predicted octanol–water partition coefficient (Wildman–Crippen LogP) is 3.52. The number of ether oxygens (including phenoxy) is 2. The van der Waals surface area contributed by atoms with Crippen LogP contribution in [0.2, 0.25) is 0 Å². The van der Waals surface area contributed by atoms with E-state index in [1.807, 2.05) is 0 Å². The Morgan fingerprint density at radius 3 is 2.50 bits per heavy atom. The largest absolute Gasteiger partial charge is 0.496 e. The standard InChI is InChI=1S/C19H24F3N3O3/c1-4-12(20)9-24-14(10-23-2)11-7-15(27-3)17(16(8-11)28-19(21)22)18(26)25-13-5-6-13/h7-10,13,19,23-24H,4-6H2,1-3H3,(H,25,26)/b12-9+,14-10-. The molecule has 1 aromatic carbocycles. The third kappa shape index (κ3) is 5.83. The molecule has 0 atom stereocenters. The van der Waals surface area contributed by atoms with Crippen molar-refractivity contribution in [2.75, 3.05) is 14.2 Å². The van der Waals surface area contributed by atoms with Gasteiger partial charge in [-0.25, -0.2) is 4.39 Å². The van der Waals surface area contributed by atoms with Gasteiger partial charge in [-0.3, -0.25) is 4.79 Å². The minimum atomic E-state index is -3.13. The molecule has 1 aliphatic carbocycles. The van der Waals surface area contributed by atoms with Crippen molar-refractivity contribution in [2.45, 2.75) is 38.8 Å². The maximum absolute atomic E-state index is 13.5. The van der Waals surface area contributed by atoms with E-state index in [2.05, 4.69) is 20.7 Å². The molecule has 154 valence electrons. The molecule has 3 N–H and O–H groups in total. The Hall–Kier alpha value is -2.84. The second-order valence-corrected chi connectivity index (χ2v) is 6.11. The first kappa shape index (κ1) is 21.5. The number of benzene rings is 1. The Bertz CT molecular complexity index is 762.